The van der Waals surface area contributed by atoms with Gasteiger partial charge < -0.3 is 5.32 Å². The van der Waals surface area contributed by atoms with Gasteiger partial charge in [-0.15, -0.1) is 0 Å². The van der Waals surface area contributed by atoms with Gasteiger partial charge in [0.2, 0.25) is 10.0 Å². The molecule has 1 saturated heterocycles. The maximum Gasteiger partial charge on any atom is 0.256 e. The molecule has 1 aliphatic rings. The van der Waals surface area contributed by atoms with Crippen LogP contribution in [0.2, 0.25) is 0 Å². The van der Waals surface area contributed by atoms with Crippen LogP contribution in [-0.4, -0.2) is 31.7 Å². The molecule has 5 nitrogen and oxygen atoms in total. The van der Waals surface area contributed by atoms with Crippen LogP contribution in [0.1, 0.15) is 35.2 Å². The Morgan fingerprint density at radius 2 is 1.81 bits per heavy atom. The van der Waals surface area contributed by atoms with Crippen LogP contribution in [0.25, 0.3) is 0 Å². The van der Waals surface area contributed by atoms with E-state index < -0.39 is 21.7 Å². The third-order valence-electron chi connectivity index (χ3n) is 4.55. The van der Waals surface area contributed by atoms with Gasteiger partial charge in [0.1, 0.15) is 5.82 Å². The van der Waals surface area contributed by atoms with Gasteiger partial charge in [-0.05, 0) is 71.6 Å². The quantitative estimate of drug-likeness (QED) is 0.747. The maximum atomic E-state index is 13.2. The Labute approximate surface area is 166 Å². The lowest BCUT2D eigenvalue weighted by Gasteiger charge is -2.26. The summed E-state index contributed by atoms with van der Waals surface area (Å²) in [5, 5.41) is 2.69. The molecule has 0 aliphatic carbocycles. The number of anilines is 1. The second-order valence-electron chi connectivity index (χ2n) is 6.52. The summed E-state index contributed by atoms with van der Waals surface area (Å²) >= 11 is 3.17. The molecule has 2 aromatic carbocycles. The molecule has 2 aromatic rings. The smallest absolute Gasteiger partial charge is 0.256 e. The first-order valence-electron chi connectivity index (χ1n) is 8.66. The van der Waals surface area contributed by atoms with Crippen molar-refractivity contribution in [3.05, 3.63) is 57.8 Å². The summed E-state index contributed by atoms with van der Waals surface area (Å²) in [7, 11) is -3.61. The molecule has 1 N–H and O–H groups in total. The number of rotatable bonds is 4. The standard InChI is InChI=1S/C19H20BrFN2O3S/c1-13-5-7-15(22-19(24)16-8-6-14(21)11-17(16)20)12-18(13)27(25,26)23-9-3-2-4-10-23/h5-8,11-12H,2-4,9-10H2,1H3,(H,22,24). The van der Waals surface area contributed by atoms with E-state index >= 15 is 0 Å². The second-order valence-corrected chi connectivity index (χ2v) is 9.28. The summed E-state index contributed by atoms with van der Waals surface area (Å²) in [4.78, 5) is 12.7. The normalized spacial score (nSPS) is 15.5. The number of halogens is 2. The molecule has 144 valence electrons. The minimum absolute atomic E-state index is 0.195. The predicted molar refractivity (Wildman–Crippen MR) is 106 cm³/mol. The van der Waals surface area contributed by atoms with Gasteiger partial charge in [-0.3, -0.25) is 4.79 Å². The van der Waals surface area contributed by atoms with Crippen molar-refractivity contribution in [3.8, 4) is 0 Å². The summed E-state index contributed by atoms with van der Waals surface area (Å²) in [6, 6.07) is 8.58. The van der Waals surface area contributed by atoms with Gasteiger partial charge in [-0.1, -0.05) is 12.5 Å². The van der Waals surface area contributed by atoms with Gasteiger partial charge in [0.05, 0.1) is 10.5 Å². The average molecular weight is 455 g/mol. The number of piperidine rings is 1. The molecular formula is C19H20BrFN2O3S. The highest BCUT2D eigenvalue weighted by molar-refractivity contribution is 9.10. The third-order valence-corrected chi connectivity index (χ3v) is 7.25. The summed E-state index contributed by atoms with van der Waals surface area (Å²) < 4.78 is 41.0. The summed E-state index contributed by atoms with van der Waals surface area (Å²) in [5.41, 5.74) is 1.26. The molecule has 0 atom stereocenters. The topological polar surface area (TPSA) is 66.5 Å². The van der Waals surface area contributed by atoms with Crippen LogP contribution >= 0.6 is 15.9 Å². The van der Waals surface area contributed by atoms with Gasteiger partial charge in [0, 0.05) is 23.2 Å². The highest BCUT2D eigenvalue weighted by Gasteiger charge is 2.27. The Morgan fingerprint density at radius 1 is 1.11 bits per heavy atom. The van der Waals surface area contributed by atoms with Gasteiger partial charge in [0.25, 0.3) is 5.91 Å². The molecule has 3 rings (SSSR count). The molecule has 27 heavy (non-hydrogen) atoms. The van der Waals surface area contributed by atoms with Crippen LogP contribution in [0, 0.1) is 12.7 Å². The number of nitrogens with one attached hydrogen (secondary N) is 1. The van der Waals surface area contributed by atoms with E-state index in [0.717, 1.165) is 19.3 Å². The molecular weight excluding hydrogens is 435 g/mol. The number of hydrogen-bond acceptors (Lipinski definition) is 3. The first-order valence-corrected chi connectivity index (χ1v) is 10.9. The van der Waals surface area contributed by atoms with Crippen molar-refractivity contribution in [3.63, 3.8) is 0 Å². The number of sulfonamides is 1. The summed E-state index contributed by atoms with van der Waals surface area (Å²) in [6.07, 6.45) is 2.74. The van der Waals surface area contributed by atoms with Crippen molar-refractivity contribution in [1.82, 2.24) is 4.31 Å². The Balaban J connectivity index is 1.88. The van der Waals surface area contributed by atoms with E-state index in [9.17, 15) is 17.6 Å². The van der Waals surface area contributed by atoms with Crippen LogP contribution in [0.4, 0.5) is 10.1 Å². The van der Waals surface area contributed by atoms with Crippen LogP contribution in [0.15, 0.2) is 45.8 Å². The fourth-order valence-corrected chi connectivity index (χ4v) is 5.37. The van der Waals surface area contributed by atoms with Gasteiger partial charge in [-0.2, -0.15) is 4.31 Å². The Kier molecular flexibility index (Phi) is 5.98. The molecule has 0 spiro atoms. The van der Waals surface area contributed by atoms with E-state index in [4.69, 9.17) is 0 Å². The molecule has 1 aliphatic heterocycles. The SMILES string of the molecule is Cc1ccc(NC(=O)c2ccc(F)cc2Br)cc1S(=O)(=O)N1CCCCC1. The van der Waals surface area contributed by atoms with E-state index in [1.807, 2.05) is 0 Å². The van der Waals surface area contributed by atoms with Crippen LogP contribution in [0.5, 0.6) is 0 Å². The first-order chi connectivity index (χ1) is 12.8. The number of hydrogen-bond donors (Lipinski definition) is 1. The molecule has 1 amide bonds. The van der Waals surface area contributed by atoms with Crippen LogP contribution in [0.3, 0.4) is 0 Å². The molecule has 0 unspecified atom stereocenters. The zero-order valence-corrected chi connectivity index (χ0v) is 17.2. The summed E-state index contributed by atoms with van der Waals surface area (Å²) in [5.74, 6) is -0.907. The minimum atomic E-state index is -3.61. The zero-order chi connectivity index (χ0) is 19.6. The van der Waals surface area contributed by atoms with Crippen molar-refractivity contribution in [1.29, 1.82) is 0 Å². The van der Waals surface area contributed by atoms with Crippen LogP contribution < -0.4 is 5.32 Å². The Morgan fingerprint density at radius 3 is 2.48 bits per heavy atom. The molecule has 0 bridgehead atoms. The zero-order valence-electron chi connectivity index (χ0n) is 14.8. The number of carbonyl (C=O) groups excluding carboxylic acids is 1. The number of carbonyl (C=O) groups is 1. The number of aryl methyl sites for hydroxylation is 1. The number of benzene rings is 2. The molecule has 1 heterocycles. The van der Waals surface area contributed by atoms with Crippen molar-refractivity contribution in [2.45, 2.75) is 31.1 Å². The van der Waals surface area contributed by atoms with E-state index in [-0.39, 0.29) is 10.5 Å². The van der Waals surface area contributed by atoms with E-state index in [1.54, 1.807) is 19.1 Å². The lowest BCUT2D eigenvalue weighted by molar-refractivity contribution is 0.102. The molecule has 0 aromatic heterocycles. The van der Waals surface area contributed by atoms with E-state index in [2.05, 4.69) is 21.2 Å². The fourth-order valence-electron chi connectivity index (χ4n) is 3.07. The van der Waals surface area contributed by atoms with Gasteiger partial charge in [-0.25, -0.2) is 12.8 Å². The Bertz CT molecular complexity index is 973. The third kappa shape index (κ3) is 4.39. The van der Waals surface area contributed by atoms with Crippen molar-refractivity contribution >= 4 is 37.5 Å². The van der Waals surface area contributed by atoms with Crippen molar-refractivity contribution < 1.29 is 17.6 Å². The average Bonchev–Trinajstić information content (AvgIpc) is 2.63. The number of nitrogens with zero attached hydrogens (tertiary/aromatic N) is 1. The van der Waals surface area contributed by atoms with Gasteiger partial charge >= 0.3 is 0 Å². The van der Waals surface area contributed by atoms with Gasteiger partial charge in [0.15, 0.2) is 0 Å². The lowest BCUT2D eigenvalue weighted by atomic mass is 10.2. The molecule has 0 saturated carbocycles. The first kappa shape index (κ1) is 20.0. The van der Waals surface area contributed by atoms with E-state index in [0.29, 0.717) is 28.8 Å². The maximum absolute atomic E-state index is 13.2. The highest BCUT2D eigenvalue weighted by Crippen LogP contribution is 2.27. The highest BCUT2D eigenvalue weighted by atomic mass is 79.9. The number of amides is 1. The largest absolute Gasteiger partial charge is 0.322 e. The summed E-state index contributed by atoms with van der Waals surface area (Å²) in [6.45, 7) is 2.76. The van der Waals surface area contributed by atoms with Crippen molar-refractivity contribution in [2.75, 3.05) is 18.4 Å². The lowest BCUT2D eigenvalue weighted by Crippen LogP contribution is -2.36. The molecule has 1 fully saturated rings. The monoisotopic (exact) mass is 454 g/mol. The minimum Gasteiger partial charge on any atom is -0.322 e. The van der Waals surface area contributed by atoms with E-state index in [1.165, 1.54) is 28.6 Å². The van der Waals surface area contributed by atoms with Crippen molar-refractivity contribution in [2.24, 2.45) is 0 Å². The van der Waals surface area contributed by atoms with Crippen LogP contribution in [-0.2, 0) is 10.0 Å². The second kappa shape index (κ2) is 8.08. The fraction of sp³-hybridized carbons (Fsp3) is 0.316. The molecule has 0 radical (unpaired) electrons. The molecule has 8 heteroatoms. The predicted octanol–water partition coefficient (Wildman–Crippen LogP) is 4.32. The Hall–Kier alpha value is -1.77.